The number of esters is 1. The van der Waals surface area contributed by atoms with Crippen LogP contribution in [0.2, 0.25) is 0 Å². The van der Waals surface area contributed by atoms with Crippen LogP contribution < -0.4 is 0 Å². The van der Waals surface area contributed by atoms with Crippen molar-refractivity contribution >= 4 is 16.0 Å². The van der Waals surface area contributed by atoms with Crippen LogP contribution >= 0.6 is 0 Å². The SMILES string of the molecule is COC(=O)[C@H]1CN(S(C)(=O)=O)C[C@@H]1c1cccc(C#N)c1. The first kappa shape index (κ1) is 15.5. The largest absolute Gasteiger partial charge is 0.469 e. The smallest absolute Gasteiger partial charge is 0.310 e. The molecule has 1 fully saturated rings. The third-order valence-corrected chi connectivity index (χ3v) is 4.94. The lowest BCUT2D eigenvalue weighted by Crippen LogP contribution is -2.29. The third-order valence-electron chi connectivity index (χ3n) is 3.70. The van der Waals surface area contributed by atoms with Crippen molar-refractivity contribution in [1.82, 2.24) is 4.31 Å². The number of methoxy groups -OCH3 is 1. The van der Waals surface area contributed by atoms with Crippen LogP contribution in [-0.4, -0.2) is 45.1 Å². The highest BCUT2D eigenvalue weighted by Crippen LogP contribution is 2.34. The zero-order valence-corrected chi connectivity index (χ0v) is 12.6. The number of nitriles is 1. The van der Waals surface area contributed by atoms with Gasteiger partial charge in [-0.2, -0.15) is 5.26 Å². The van der Waals surface area contributed by atoms with Gasteiger partial charge in [-0.3, -0.25) is 4.79 Å². The Balaban J connectivity index is 2.38. The summed E-state index contributed by atoms with van der Waals surface area (Å²) in [6.07, 6.45) is 1.12. The summed E-state index contributed by atoms with van der Waals surface area (Å²) in [4.78, 5) is 11.9. The van der Waals surface area contributed by atoms with E-state index < -0.39 is 21.9 Å². The van der Waals surface area contributed by atoms with Crippen LogP contribution in [0.3, 0.4) is 0 Å². The molecule has 1 aliphatic heterocycles. The average Bonchev–Trinajstić information content (AvgIpc) is 2.91. The van der Waals surface area contributed by atoms with E-state index in [0.29, 0.717) is 5.56 Å². The maximum absolute atomic E-state index is 11.9. The van der Waals surface area contributed by atoms with Gasteiger partial charge in [-0.25, -0.2) is 12.7 Å². The number of ether oxygens (including phenoxy) is 1. The predicted molar refractivity (Wildman–Crippen MR) is 75.8 cm³/mol. The van der Waals surface area contributed by atoms with Crippen LogP contribution in [0.15, 0.2) is 24.3 Å². The van der Waals surface area contributed by atoms with Crippen molar-refractivity contribution in [3.8, 4) is 6.07 Å². The molecule has 0 saturated carbocycles. The van der Waals surface area contributed by atoms with Gasteiger partial charge in [0.15, 0.2) is 0 Å². The van der Waals surface area contributed by atoms with E-state index in [1.807, 2.05) is 6.07 Å². The summed E-state index contributed by atoms with van der Waals surface area (Å²) in [6.45, 7) is 0.320. The molecule has 0 aromatic heterocycles. The Bertz CT molecular complexity index is 693. The second kappa shape index (κ2) is 5.84. The van der Waals surface area contributed by atoms with Crippen molar-refractivity contribution in [2.24, 2.45) is 5.92 Å². The molecule has 0 bridgehead atoms. The molecule has 1 aromatic carbocycles. The Morgan fingerprint density at radius 1 is 1.43 bits per heavy atom. The molecule has 1 aliphatic rings. The number of nitrogens with zero attached hydrogens (tertiary/aromatic N) is 2. The van der Waals surface area contributed by atoms with Gasteiger partial charge < -0.3 is 4.74 Å². The monoisotopic (exact) mass is 308 g/mol. The highest BCUT2D eigenvalue weighted by molar-refractivity contribution is 7.88. The van der Waals surface area contributed by atoms with Gasteiger partial charge in [0.2, 0.25) is 10.0 Å². The molecule has 1 saturated heterocycles. The molecule has 112 valence electrons. The number of hydrogen-bond donors (Lipinski definition) is 0. The maximum atomic E-state index is 11.9. The number of carbonyl (C=O) groups excluding carboxylic acids is 1. The summed E-state index contributed by atoms with van der Waals surface area (Å²) in [5.74, 6) is -1.30. The van der Waals surface area contributed by atoms with Gasteiger partial charge in [0, 0.05) is 19.0 Å². The number of sulfonamides is 1. The Hall–Kier alpha value is -1.91. The number of carbonyl (C=O) groups is 1. The molecule has 0 radical (unpaired) electrons. The van der Waals surface area contributed by atoms with E-state index in [2.05, 4.69) is 0 Å². The van der Waals surface area contributed by atoms with Gasteiger partial charge >= 0.3 is 5.97 Å². The first-order valence-corrected chi connectivity index (χ1v) is 8.24. The summed E-state index contributed by atoms with van der Waals surface area (Å²) >= 11 is 0. The van der Waals surface area contributed by atoms with E-state index in [1.165, 1.54) is 11.4 Å². The van der Waals surface area contributed by atoms with Gasteiger partial charge in [0.1, 0.15) is 0 Å². The van der Waals surface area contributed by atoms with Crippen LogP contribution in [-0.2, 0) is 19.6 Å². The molecule has 0 N–H and O–H groups in total. The maximum Gasteiger partial charge on any atom is 0.310 e. The zero-order chi connectivity index (χ0) is 15.6. The Labute approximate surface area is 124 Å². The topological polar surface area (TPSA) is 87.5 Å². The number of hydrogen-bond acceptors (Lipinski definition) is 5. The van der Waals surface area contributed by atoms with Crippen molar-refractivity contribution in [2.45, 2.75) is 5.92 Å². The lowest BCUT2D eigenvalue weighted by molar-refractivity contribution is -0.145. The second-order valence-corrected chi connectivity index (χ2v) is 7.04. The molecule has 1 aromatic rings. The third kappa shape index (κ3) is 3.23. The minimum Gasteiger partial charge on any atom is -0.469 e. The quantitative estimate of drug-likeness (QED) is 0.767. The van der Waals surface area contributed by atoms with E-state index >= 15 is 0 Å². The predicted octanol–water partition coefficient (Wildman–Crippen LogP) is 0.706. The molecule has 1 heterocycles. The normalized spacial score (nSPS) is 22.7. The first-order valence-electron chi connectivity index (χ1n) is 6.40. The van der Waals surface area contributed by atoms with Crippen LogP contribution in [0.5, 0.6) is 0 Å². The van der Waals surface area contributed by atoms with E-state index in [-0.39, 0.29) is 19.0 Å². The molecule has 0 unspecified atom stereocenters. The Morgan fingerprint density at radius 3 is 2.71 bits per heavy atom. The van der Waals surface area contributed by atoms with Crippen LogP contribution in [0.1, 0.15) is 17.0 Å². The standard InChI is InChI=1S/C14H16N2O4S/c1-20-14(17)13-9-16(21(2,18)19)8-12(13)11-5-3-4-10(6-11)7-15/h3-6,12-13H,8-9H2,1-2H3/t12-,13+/m1/s1. The van der Waals surface area contributed by atoms with E-state index in [4.69, 9.17) is 10.00 Å². The fourth-order valence-corrected chi connectivity index (χ4v) is 3.47. The van der Waals surface area contributed by atoms with Crippen molar-refractivity contribution in [3.63, 3.8) is 0 Å². The summed E-state index contributed by atoms with van der Waals surface area (Å²) in [7, 11) is -2.09. The lowest BCUT2D eigenvalue weighted by atomic mass is 9.88. The zero-order valence-electron chi connectivity index (χ0n) is 11.8. The molecule has 2 rings (SSSR count). The van der Waals surface area contributed by atoms with Gasteiger partial charge in [-0.15, -0.1) is 0 Å². The molecule has 2 atom stereocenters. The van der Waals surface area contributed by atoms with Crippen molar-refractivity contribution in [1.29, 1.82) is 5.26 Å². The highest BCUT2D eigenvalue weighted by Gasteiger charge is 2.42. The summed E-state index contributed by atoms with van der Waals surface area (Å²) < 4.78 is 29.5. The molecule has 0 amide bonds. The summed E-state index contributed by atoms with van der Waals surface area (Å²) in [5.41, 5.74) is 1.25. The fourth-order valence-electron chi connectivity index (χ4n) is 2.61. The van der Waals surface area contributed by atoms with Crippen molar-refractivity contribution in [3.05, 3.63) is 35.4 Å². The lowest BCUT2D eigenvalue weighted by Gasteiger charge is -2.16. The van der Waals surface area contributed by atoms with Gasteiger partial charge in [0.05, 0.1) is 30.9 Å². The van der Waals surface area contributed by atoms with E-state index in [1.54, 1.807) is 24.3 Å². The number of rotatable bonds is 3. The van der Waals surface area contributed by atoms with Crippen LogP contribution in [0, 0.1) is 17.2 Å². The van der Waals surface area contributed by atoms with Gasteiger partial charge in [-0.05, 0) is 17.7 Å². The molecule has 0 aliphatic carbocycles. The van der Waals surface area contributed by atoms with Crippen molar-refractivity contribution < 1.29 is 17.9 Å². The molecule has 6 nitrogen and oxygen atoms in total. The molecule has 0 spiro atoms. The minimum absolute atomic E-state index is 0.104. The fraction of sp³-hybridized carbons (Fsp3) is 0.429. The van der Waals surface area contributed by atoms with Gasteiger partial charge in [0.25, 0.3) is 0 Å². The first-order chi connectivity index (χ1) is 9.86. The molecular weight excluding hydrogens is 292 g/mol. The van der Waals surface area contributed by atoms with Crippen LogP contribution in [0.25, 0.3) is 0 Å². The molecule has 7 heteroatoms. The highest BCUT2D eigenvalue weighted by atomic mass is 32.2. The van der Waals surface area contributed by atoms with Gasteiger partial charge in [-0.1, -0.05) is 12.1 Å². The van der Waals surface area contributed by atoms with Crippen molar-refractivity contribution in [2.75, 3.05) is 26.5 Å². The number of benzene rings is 1. The van der Waals surface area contributed by atoms with E-state index in [9.17, 15) is 13.2 Å². The Morgan fingerprint density at radius 2 is 2.14 bits per heavy atom. The molecular formula is C14H16N2O4S. The minimum atomic E-state index is -3.37. The summed E-state index contributed by atoms with van der Waals surface area (Å²) in [5, 5.41) is 8.96. The van der Waals surface area contributed by atoms with E-state index in [0.717, 1.165) is 11.8 Å². The second-order valence-electron chi connectivity index (χ2n) is 5.05. The Kier molecular flexibility index (Phi) is 4.30. The van der Waals surface area contributed by atoms with Crippen LogP contribution in [0.4, 0.5) is 0 Å². The molecule has 21 heavy (non-hydrogen) atoms. The average molecular weight is 308 g/mol. The summed E-state index contributed by atoms with van der Waals surface area (Å²) in [6, 6.07) is 8.92.